The summed E-state index contributed by atoms with van der Waals surface area (Å²) < 4.78 is 5.04. The fourth-order valence-electron chi connectivity index (χ4n) is 1.11. The molecule has 5 heteroatoms. The van der Waals surface area contributed by atoms with Crippen molar-refractivity contribution in [3.8, 4) is 0 Å². The maximum atomic E-state index is 10.1. The van der Waals surface area contributed by atoms with Crippen LogP contribution in [0.25, 0.3) is 0 Å². The SMILES string of the molecule is COC1=C(Cl)C=CCC(/C=C\[N+](=O)[O-])=C1. The number of ether oxygens (including phenoxy) is 1. The Balaban J connectivity index is 2.93. The molecular weight excluding hydrogens is 218 g/mol. The molecular formula is C10H10ClNO3. The molecule has 0 aromatic carbocycles. The average molecular weight is 228 g/mol. The van der Waals surface area contributed by atoms with Crippen LogP contribution in [0, 0.1) is 10.1 Å². The fourth-order valence-corrected chi connectivity index (χ4v) is 1.33. The summed E-state index contributed by atoms with van der Waals surface area (Å²) >= 11 is 5.88. The summed E-state index contributed by atoms with van der Waals surface area (Å²) in [5.74, 6) is 0.508. The largest absolute Gasteiger partial charge is 0.495 e. The van der Waals surface area contributed by atoms with E-state index in [9.17, 15) is 10.1 Å². The molecule has 0 amide bonds. The van der Waals surface area contributed by atoms with Gasteiger partial charge in [-0.1, -0.05) is 17.7 Å². The molecule has 0 aromatic rings. The van der Waals surface area contributed by atoms with Gasteiger partial charge in [-0.05, 0) is 24.1 Å². The van der Waals surface area contributed by atoms with Gasteiger partial charge >= 0.3 is 0 Å². The van der Waals surface area contributed by atoms with Crippen LogP contribution in [-0.2, 0) is 4.74 Å². The second-order valence-electron chi connectivity index (χ2n) is 2.84. The number of rotatable bonds is 3. The summed E-state index contributed by atoms with van der Waals surface area (Å²) in [6.07, 6.45) is 8.13. The second kappa shape index (κ2) is 5.36. The topological polar surface area (TPSA) is 52.4 Å². The van der Waals surface area contributed by atoms with Gasteiger partial charge in [-0.3, -0.25) is 10.1 Å². The van der Waals surface area contributed by atoms with Gasteiger partial charge in [-0.15, -0.1) is 0 Å². The molecule has 0 aromatic heterocycles. The molecule has 0 bridgehead atoms. The van der Waals surface area contributed by atoms with Crippen LogP contribution in [0.15, 0.2) is 46.9 Å². The molecule has 0 unspecified atom stereocenters. The van der Waals surface area contributed by atoms with Gasteiger partial charge in [0.25, 0.3) is 0 Å². The highest BCUT2D eigenvalue weighted by molar-refractivity contribution is 6.31. The lowest BCUT2D eigenvalue weighted by Gasteiger charge is -2.01. The third-order valence-corrected chi connectivity index (χ3v) is 2.11. The first-order valence-electron chi connectivity index (χ1n) is 4.26. The Hall–Kier alpha value is -1.55. The van der Waals surface area contributed by atoms with Gasteiger partial charge in [0.15, 0.2) is 0 Å². The second-order valence-corrected chi connectivity index (χ2v) is 3.25. The van der Waals surface area contributed by atoms with E-state index in [1.54, 1.807) is 12.2 Å². The number of hydrogen-bond acceptors (Lipinski definition) is 3. The molecule has 0 heterocycles. The van der Waals surface area contributed by atoms with Crippen LogP contribution in [0.3, 0.4) is 0 Å². The Morgan fingerprint density at radius 2 is 2.40 bits per heavy atom. The molecule has 0 fully saturated rings. The third kappa shape index (κ3) is 3.59. The average Bonchev–Trinajstić information content (AvgIpc) is 2.37. The normalized spacial score (nSPS) is 16.5. The highest BCUT2D eigenvalue weighted by atomic mass is 35.5. The van der Waals surface area contributed by atoms with E-state index in [0.717, 1.165) is 11.8 Å². The van der Waals surface area contributed by atoms with Crippen LogP contribution in [0.4, 0.5) is 0 Å². The van der Waals surface area contributed by atoms with E-state index in [-0.39, 0.29) is 0 Å². The van der Waals surface area contributed by atoms with Crippen molar-refractivity contribution in [3.05, 3.63) is 57.0 Å². The van der Waals surface area contributed by atoms with Crippen molar-refractivity contribution in [1.29, 1.82) is 0 Å². The number of hydrogen-bond donors (Lipinski definition) is 0. The number of nitrogens with zero attached hydrogens (tertiary/aromatic N) is 1. The van der Waals surface area contributed by atoms with E-state index >= 15 is 0 Å². The zero-order valence-electron chi connectivity index (χ0n) is 8.14. The first-order chi connectivity index (χ1) is 7.13. The van der Waals surface area contributed by atoms with Crippen LogP contribution < -0.4 is 0 Å². The summed E-state index contributed by atoms with van der Waals surface area (Å²) in [6.45, 7) is 0. The zero-order chi connectivity index (χ0) is 11.3. The molecule has 15 heavy (non-hydrogen) atoms. The van der Waals surface area contributed by atoms with Gasteiger partial charge in [0.05, 0.1) is 17.1 Å². The van der Waals surface area contributed by atoms with Crippen LogP contribution in [0.2, 0.25) is 0 Å². The molecule has 1 aliphatic rings. The molecule has 0 N–H and O–H groups in total. The van der Waals surface area contributed by atoms with Crippen molar-refractivity contribution in [2.75, 3.05) is 7.11 Å². The van der Waals surface area contributed by atoms with Crippen LogP contribution in [0.5, 0.6) is 0 Å². The Morgan fingerprint density at radius 3 is 3.00 bits per heavy atom. The van der Waals surface area contributed by atoms with Gasteiger partial charge in [-0.25, -0.2) is 0 Å². The van der Waals surface area contributed by atoms with Crippen LogP contribution >= 0.6 is 11.6 Å². The van der Waals surface area contributed by atoms with Crippen molar-refractivity contribution < 1.29 is 9.66 Å². The molecule has 0 spiro atoms. The van der Waals surface area contributed by atoms with Crippen molar-refractivity contribution >= 4 is 11.6 Å². The lowest BCUT2D eigenvalue weighted by atomic mass is 10.2. The first-order valence-corrected chi connectivity index (χ1v) is 4.64. The zero-order valence-corrected chi connectivity index (χ0v) is 8.90. The van der Waals surface area contributed by atoms with E-state index in [1.165, 1.54) is 13.2 Å². The van der Waals surface area contributed by atoms with Gasteiger partial charge in [-0.2, -0.15) is 0 Å². The lowest BCUT2D eigenvalue weighted by Crippen LogP contribution is -1.87. The van der Waals surface area contributed by atoms with E-state index in [0.29, 0.717) is 17.2 Å². The molecule has 0 radical (unpaired) electrons. The van der Waals surface area contributed by atoms with E-state index in [1.807, 2.05) is 6.08 Å². The smallest absolute Gasteiger partial charge is 0.234 e. The Kier molecular flexibility index (Phi) is 4.12. The van der Waals surface area contributed by atoms with Crippen LogP contribution in [0.1, 0.15) is 6.42 Å². The number of halogens is 1. The molecule has 0 saturated carbocycles. The van der Waals surface area contributed by atoms with Crippen molar-refractivity contribution in [1.82, 2.24) is 0 Å². The minimum absolute atomic E-state index is 0.488. The summed E-state index contributed by atoms with van der Waals surface area (Å²) in [4.78, 5) is 9.64. The fraction of sp³-hybridized carbons (Fsp3) is 0.200. The summed E-state index contributed by atoms with van der Waals surface area (Å²) in [7, 11) is 1.50. The Bertz CT molecular complexity index is 380. The standard InChI is InChI=1S/C10H10ClNO3/c1-15-10-7-8(5-6-12(13)14)3-2-4-9(10)11/h2,4-7H,3H2,1H3/b6-5-. The summed E-state index contributed by atoms with van der Waals surface area (Å²) in [5.41, 5.74) is 0.774. The Labute approximate surface area is 92.3 Å². The monoisotopic (exact) mass is 227 g/mol. The number of allylic oxidation sites excluding steroid dienone is 6. The Morgan fingerprint density at radius 1 is 1.67 bits per heavy atom. The molecule has 0 aliphatic heterocycles. The van der Waals surface area contributed by atoms with Gasteiger partial charge in [0.2, 0.25) is 6.20 Å². The highest BCUT2D eigenvalue weighted by Gasteiger charge is 2.05. The third-order valence-electron chi connectivity index (χ3n) is 1.80. The van der Waals surface area contributed by atoms with Crippen molar-refractivity contribution in [2.45, 2.75) is 6.42 Å². The minimum atomic E-state index is -0.507. The van der Waals surface area contributed by atoms with Gasteiger partial charge in [0, 0.05) is 6.08 Å². The predicted octanol–water partition coefficient (Wildman–Crippen LogP) is 2.76. The molecule has 0 atom stereocenters. The summed E-state index contributed by atoms with van der Waals surface area (Å²) in [6, 6.07) is 0. The molecule has 80 valence electrons. The maximum Gasteiger partial charge on any atom is 0.234 e. The minimum Gasteiger partial charge on any atom is -0.495 e. The van der Waals surface area contributed by atoms with Crippen molar-refractivity contribution in [3.63, 3.8) is 0 Å². The van der Waals surface area contributed by atoms with E-state index in [4.69, 9.17) is 16.3 Å². The number of methoxy groups -OCH3 is 1. The number of nitro groups is 1. The summed E-state index contributed by atoms with van der Waals surface area (Å²) in [5, 5.41) is 10.6. The lowest BCUT2D eigenvalue weighted by molar-refractivity contribution is -0.402. The maximum absolute atomic E-state index is 10.1. The van der Waals surface area contributed by atoms with E-state index in [2.05, 4.69) is 0 Å². The van der Waals surface area contributed by atoms with E-state index < -0.39 is 4.92 Å². The molecule has 1 aliphatic carbocycles. The predicted molar refractivity (Wildman–Crippen MR) is 57.9 cm³/mol. The molecule has 4 nitrogen and oxygen atoms in total. The quantitative estimate of drug-likeness (QED) is 0.550. The molecule has 0 saturated heterocycles. The first kappa shape index (κ1) is 11.5. The van der Waals surface area contributed by atoms with Gasteiger partial charge in [0.1, 0.15) is 5.76 Å². The van der Waals surface area contributed by atoms with Crippen molar-refractivity contribution in [2.24, 2.45) is 0 Å². The molecule has 1 rings (SSSR count). The van der Waals surface area contributed by atoms with Gasteiger partial charge < -0.3 is 4.74 Å². The highest BCUT2D eigenvalue weighted by Crippen LogP contribution is 2.21. The van der Waals surface area contributed by atoms with Crippen LogP contribution in [-0.4, -0.2) is 12.0 Å².